The van der Waals surface area contributed by atoms with Crippen LogP contribution >= 0.6 is 0 Å². The number of rotatable bonds is 6. The van der Waals surface area contributed by atoms with Crippen LogP contribution in [0.3, 0.4) is 0 Å². The third-order valence-electron chi connectivity index (χ3n) is 4.68. The maximum Gasteiger partial charge on any atom is 0.239 e. The number of nitrogens with one attached hydrogen (secondary N) is 1. The quantitative estimate of drug-likeness (QED) is 0.874. The maximum absolute atomic E-state index is 12.5. The summed E-state index contributed by atoms with van der Waals surface area (Å²) >= 11 is 0. The molecule has 1 unspecified atom stereocenters. The fraction of sp³-hybridized carbons (Fsp3) is 0.611. The zero-order valence-corrected chi connectivity index (χ0v) is 15.4. The van der Waals surface area contributed by atoms with E-state index in [4.69, 9.17) is 0 Å². The molecule has 1 aliphatic rings. The summed E-state index contributed by atoms with van der Waals surface area (Å²) in [6.07, 6.45) is 9.13. The average Bonchev–Trinajstić information content (AvgIpc) is 3.18. The molecule has 25 heavy (non-hydrogen) atoms. The summed E-state index contributed by atoms with van der Waals surface area (Å²) in [6.45, 7) is 8.36. The van der Waals surface area contributed by atoms with Crippen molar-refractivity contribution in [1.29, 1.82) is 0 Å². The standard InChI is InChI=1S/C18H28N6O/c1-14(2)24-17(7-8-19-24)21-18(25)13-22-9-5-4-6-16(22)12-23-11-15(3)10-20-23/h7-8,10-11,14,16H,4-6,9,12-13H2,1-3H3,(H,21,25). The second-order valence-electron chi connectivity index (χ2n) is 7.16. The predicted molar refractivity (Wildman–Crippen MR) is 97.4 cm³/mol. The van der Waals surface area contributed by atoms with E-state index in [2.05, 4.69) is 40.5 Å². The summed E-state index contributed by atoms with van der Waals surface area (Å²) in [4.78, 5) is 14.8. The lowest BCUT2D eigenvalue weighted by molar-refractivity contribution is -0.118. The van der Waals surface area contributed by atoms with E-state index in [9.17, 15) is 4.79 Å². The van der Waals surface area contributed by atoms with Crippen molar-refractivity contribution in [3.05, 3.63) is 30.2 Å². The topological polar surface area (TPSA) is 68.0 Å². The first kappa shape index (κ1) is 17.7. The van der Waals surface area contributed by atoms with Gasteiger partial charge in [-0.15, -0.1) is 0 Å². The van der Waals surface area contributed by atoms with E-state index >= 15 is 0 Å². The van der Waals surface area contributed by atoms with Crippen molar-refractivity contribution in [3.63, 3.8) is 0 Å². The summed E-state index contributed by atoms with van der Waals surface area (Å²) in [5.41, 5.74) is 1.17. The highest BCUT2D eigenvalue weighted by atomic mass is 16.2. The number of aryl methyl sites for hydroxylation is 1. The second kappa shape index (κ2) is 7.82. The molecule has 2 aromatic rings. The summed E-state index contributed by atoms with van der Waals surface area (Å²) in [5.74, 6) is 0.780. The molecule has 1 saturated heterocycles. The Hall–Kier alpha value is -2.15. The molecule has 3 rings (SSSR count). The van der Waals surface area contributed by atoms with Crippen LogP contribution in [0.15, 0.2) is 24.7 Å². The summed E-state index contributed by atoms with van der Waals surface area (Å²) < 4.78 is 3.82. The monoisotopic (exact) mass is 344 g/mol. The molecule has 1 N–H and O–H groups in total. The van der Waals surface area contributed by atoms with Gasteiger partial charge in [0.05, 0.1) is 25.5 Å². The number of aromatic nitrogens is 4. The molecule has 3 heterocycles. The number of carbonyl (C=O) groups excluding carboxylic acids is 1. The van der Waals surface area contributed by atoms with Gasteiger partial charge in [-0.25, -0.2) is 4.68 Å². The Morgan fingerprint density at radius 2 is 2.20 bits per heavy atom. The van der Waals surface area contributed by atoms with Gasteiger partial charge >= 0.3 is 0 Å². The average molecular weight is 344 g/mol. The summed E-state index contributed by atoms with van der Waals surface area (Å²) in [6, 6.07) is 2.42. The molecule has 1 atom stereocenters. The Bertz CT molecular complexity index is 704. The van der Waals surface area contributed by atoms with E-state index in [1.54, 1.807) is 6.20 Å². The van der Waals surface area contributed by atoms with Crippen molar-refractivity contribution < 1.29 is 4.79 Å². The minimum atomic E-state index is 0.0194. The first-order valence-electron chi connectivity index (χ1n) is 9.09. The summed E-state index contributed by atoms with van der Waals surface area (Å²) in [7, 11) is 0. The lowest BCUT2D eigenvalue weighted by Gasteiger charge is -2.35. The van der Waals surface area contributed by atoms with Crippen LogP contribution in [0.4, 0.5) is 5.82 Å². The maximum atomic E-state index is 12.5. The Kier molecular flexibility index (Phi) is 5.53. The fourth-order valence-corrected chi connectivity index (χ4v) is 3.45. The zero-order valence-electron chi connectivity index (χ0n) is 15.4. The number of anilines is 1. The smallest absolute Gasteiger partial charge is 0.239 e. The van der Waals surface area contributed by atoms with Gasteiger partial charge in [0.1, 0.15) is 5.82 Å². The molecule has 0 saturated carbocycles. The van der Waals surface area contributed by atoms with Gasteiger partial charge in [0.2, 0.25) is 5.91 Å². The zero-order chi connectivity index (χ0) is 17.8. The minimum absolute atomic E-state index is 0.0194. The van der Waals surface area contributed by atoms with Crippen LogP contribution in [0, 0.1) is 6.92 Å². The lowest BCUT2D eigenvalue weighted by Crippen LogP contribution is -2.46. The van der Waals surface area contributed by atoms with E-state index in [0.717, 1.165) is 31.7 Å². The molecule has 0 aromatic carbocycles. The molecule has 0 aliphatic carbocycles. The van der Waals surface area contributed by atoms with Crippen molar-refractivity contribution in [2.75, 3.05) is 18.4 Å². The molecule has 1 amide bonds. The Morgan fingerprint density at radius 3 is 2.92 bits per heavy atom. The molecule has 0 bridgehead atoms. The first-order chi connectivity index (χ1) is 12.0. The van der Waals surface area contributed by atoms with E-state index in [1.165, 1.54) is 12.0 Å². The third-order valence-corrected chi connectivity index (χ3v) is 4.68. The van der Waals surface area contributed by atoms with Crippen molar-refractivity contribution in [1.82, 2.24) is 24.5 Å². The van der Waals surface area contributed by atoms with Crippen LogP contribution in [-0.2, 0) is 11.3 Å². The van der Waals surface area contributed by atoms with E-state index in [-0.39, 0.29) is 11.9 Å². The van der Waals surface area contributed by atoms with Gasteiger partial charge in [0.25, 0.3) is 0 Å². The fourth-order valence-electron chi connectivity index (χ4n) is 3.45. The predicted octanol–water partition coefficient (Wildman–Crippen LogP) is 2.46. The van der Waals surface area contributed by atoms with Gasteiger partial charge in [-0.3, -0.25) is 14.4 Å². The lowest BCUT2D eigenvalue weighted by atomic mass is 10.0. The van der Waals surface area contributed by atoms with E-state index < -0.39 is 0 Å². The number of hydrogen-bond acceptors (Lipinski definition) is 4. The number of piperidine rings is 1. The van der Waals surface area contributed by atoms with Crippen LogP contribution in [0.25, 0.3) is 0 Å². The molecular weight excluding hydrogens is 316 g/mol. The van der Waals surface area contributed by atoms with Crippen molar-refractivity contribution in [2.24, 2.45) is 0 Å². The molecule has 7 heteroatoms. The highest BCUT2D eigenvalue weighted by molar-refractivity contribution is 5.91. The molecule has 0 spiro atoms. The van der Waals surface area contributed by atoms with Crippen LogP contribution in [0.1, 0.15) is 44.7 Å². The van der Waals surface area contributed by atoms with E-state index in [0.29, 0.717) is 12.6 Å². The molecule has 0 radical (unpaired) electrons. The van der Waals surface area contributed by atoms with Gasteiger partial charge in [-0.05, 0) is 45.7 Å². The van der Waals surface area contributed by atoms with E-state index in [1.807, 2.05) is 28.6 Å². The number of amides is 1. The highest BCUT2D eigenvalue weighted by Crippen LogP contribution is 2.19. The molecule has 136 valence electrons. The Labute approximate surface area is 149 Å². The van der Waals surface area contributed by atoms with Gasteiger partial charge in [0.15, 0.2) is 0 Å². The summed E-state index contributed by atoms with van der Waals surface area (Å²) in [5, 5.41) is 11.7. The van der Waals surface area contributed by atoms with Crippen LogP contribution in [0.2, 0.25) is 0 Å². The molecule has 1 fully saturated rings. The van der Waals surface area contributed by atoms with Gasteiger partial charge in [0, 0.05) is 24.3 Å². The first-order valence-corrected chi connectivity index (χ1v) is 9.09. The largest absolute Gasteiger partial charge is 0.310 e. The Balaban J connectivity index is 1.60. The SMILES string of the molecule is Cc1cnn(CC2CCCCN2CC(=O)Nc2ccnn2C(C)C)c1. The molecular formula is C18H28N6O. The highest BCUT2D eigenvalue weighted by Gasteiger charge is 2.25. The van der Waals surface area contributed by atoms with Crippen molar-refractivity contribution in [2.45, 2.75) is 58.7 Å². The van der Waals surface area contributed by atoms with Crippen LogP contribution in [0.5, 0.6) is 0 Å². The third kappa shape index (κ3) is 4.48. The van der Waals surface area contributed by atoms with Gasteiger partial charge in [-0.2, -0.15) is 10.2 Å². The molecule has 2 aromatic heterocycles. The Morgan fingerprint density at radius 1 is 1.36 bits per heavy atom. The normalized spacial score (nSPS) is 18.6. The number of carbonyl (C=O) groups is 1. The van der Waals surface area contributed by atoms with Gasteiger partial charge in [-0.1, -0.05) is 6.42 Å². The molecule has 7 nitrogen and oxygen atoms in total. The molecule has 1 aliphatic heterocycles. The van der Waals surface area contributed by atoms with Crippen LogP contribution < -0.4 is 5.32 Å². The van der Waals surface area contributed by atoms with Crippen molar-refractivity contribution >= 4 is 11.7 Å². The van der Waals surface area contributed by atoms with Crippen molar-refractivity contribution in [3.8, 4) is 0 Å². The van der Waals surface area contributed by atoms with Gasteiger partial charge < -0.3 is 5.32 Å². The number of nitrogens with zero attached hydrogens (tertiary/aromatic N) is 5. The number of hydrogen-bond donors (Lipinski definition) is 1. The minimum Gasteiger partial charge on any atom is -0.310 e. The number of likely N-dealkylation sites (tertiary alicyclic amines) is 1. The second-order valence-corrected chi connectivity index (χ2v) is 7.16. The van der Waals surface area contributed by atoms with Crippen LogP contribution in [-0.4, -0.2) is 49.5 Å².